The molecule has 28 heavy (non-hydrogen) atoms. The maximum Gasteiger partial charge on any atom is 0.224 e. The van der Waals surface area contributed by atoms with E-state index in [9.17, 15) is 4.79 Å². The first-order chi connectivity index (χ1) is 13.3. The Balaban J connectivity index is 1.74. The molecule has 1 amide bonds. The summed E-state index contributed by atoms with van der Waals surface area (Å²) in [5.74, 6) is 0.836. The number of benzene rings is 2. The monoisotopic (exact) mass is 445 g/mol. The van der Waals surface area contributed by atoms with Gasteiger partial charge in [0.2, 0.25) is 5.91 Å². The third kappa shape index (κ3) is 7.31. The number of carbonyl (C=O) groups excluding carboxylic acids is 1. The topological polar surface area (TPSA) is 38.3 Å². The molecule has 0 unspecified atom stereocenters. The van der Waals surface area contributed by atoms with Crippen LogP contribution in [0.15, 0.2) is 46.9 Å². The van der Waals surface area contributed by atoms with E-state index in [1.807, 2.05) is 18.2 Å². The average Bonchev–Trinajstić information content (AvgIpc) is 2.65. The lowest BCUT2D eigenvalue weighted by Crippen LogP contribution is -2.13. The number of aryl methyl sites for hydroxylation is 1. The maximum atomic E-state index is 12.1. The van der Waals surface area contributed by atoms with Crippen molar-refractivity contribution in [2.75, 3.05) is 11.9 Å². The fourth-order valence-corrected chi connectivity index (χ4v) is 3.35. The molecule has 1 N–H and O–H groups in total. The van der Waals surface area contributed by atoms with E-state index in [0.717, 1.165) is 22.3 Å². The number of amides is 1. The number of anilines is 1. The van der Waals surface area contributed by atoms with Gasteiger partial charge in [0, 0.05) is 12.1 Å². The van der Waals surface area contributed by atoms with Gasteiger partial charge in [0.1, 0.15) is 5.75 Å². The van der Waals surface area contributed by atoms with Gasteiger partial charge in [-0.1, -0.05) is 52.3 Å². The number of nitrogens with one attached hydrogen (secondary N) is 1. The van der Waals surface area contributed by atoms with Gasteiger partial charge < -0.3 is 10.1 Å². The molecule has 0 aliphatic carbocycles. The van der Waals surface area contributed by atoms with Crippen molar-refractivity contribution in [3.8, 4) is 5.75 Å². The SMILES string of the molecule is CCCCc1ccc(NC(=O)CCCOc2ccc(C(C)(C)C)cc2Br)cc1. The van der Waals surface area contributed by atoms with Gasteiger partial charge in [0.05, 0.1) is 11.1 Å². The highest BCUT2D eigenvalue weighted by molar-refractivity contribution is 9.10. The molecule has 3 nitrogen and oxygen atoms in total. The van der Waals surface area contributed by atoms with Crippen LogP contribution in [0.1, 0.15) is 64.5 Å². The second-order valence-corrected chi connectivity index (χ2v) is 9.05. The van der Waals surface area contributed by atoms with E-state index in [0.29, 0.717) is 19.4 Å². The number of carbonyl (C=O) groups is 1. The summed E-state index contributed by atoms with van der Waals surface area (Å²) in [6, 6.07) is 14.3. The van der Waals surface area contributed by atoms with Crippen LogP contribution in [0.4, 0.5) is 5.69 Å². The van der Waals surface area contributed by atoms with Crippen molar-refractivity contribution in [3.63, 3.8) is 0 Å². The first kappa shape index (κ1) is 22.5. The number of unbranched alkanes of at least 4 members (excludes halogenated alkanes) is 1. The van der Waals surface area contributed by atoms with Crippen LogP contribution in [0, 0.1) is 0 Å². The van der Waals surface area contributed by atoms with Crippen molar-refractivity contribution < 1.29 is 9.53 Å². The van der Waals surface area contributed by atoms with Crippen molar-refractivity contribution >= 4 is 27.5 Å². The van der Waals surface area contributed by atoms with E-state index in [-0.39, 0.29) is 11.3 Å². The van der Waals surface area contributed by atoms with Gasteiger partial charge in [-0.15, -0.1) is 0 Å². The molecule has 152 valence electrons. The average molecular weight is 446 g/mol. The summed E-state index contributed by atoms with van der Waals surface area (Å²) < 4.78 is 6.78. The van der Waals surface area contributed by atoms with Crippen molar-refractivity contribution in [3.05, 3.63) is 58.1 Å². The number of rotatable bonds is 9. The van der Waals surface area contributed by atoms with Crippen LogP contribution in [0.25, 0.3) is 0 Å². The predicted molar refractivity (Wildman–Crippen MR) is 121 cm³/mol. The highest BCUT2D eigenvalue weighted by atomic mass is 79.9. The summed E-state index contributed by atoms with van der Waals surface area (Å²) in [6.45, 7) is 9.26. The van der Waals surface area contributed by atoms with E-state index < -0.39 is 0 Å². The largest absolute Gasteiger partial charge is 0.492 e. The number of halogens is 1. The molecule has 2 aromatic carbocycles. The lowest BCUT2D eigenvalue weighted by atomic mass is 9.87. The first-order valence-electron chi connectivity index (χ1n) is 10.1. The molecule has 0 spiro atoms. The van der Waals surface area contributed by atoms with E-state index >= 15 is 0 Å². The van der Waals surface area contributed by atoms with Crippen molar-refractivity contribution in [2.45, 2.75) is 65.2 Å². The second-order valence-electron chi connectivity index (χ2n) is 8.20. The van der Waals surface area contributed by atoms with Gasteiger partial charge in [0.25, 0.3) is 0 Å². The van der Waals surface area contributed by atoms with Gasteiger partial charge >= 0.3 is 0 Å². The van der Waals surface area contributed by atoms with Crippen molar-refractivity contribution in [1.29, 1.82) is 0 Å². The maximum absolute atomic E-state index is 12.1. The van der Waals surface area contributed by atoms with Gasteiger partial charge in [-0.2, -0.15) is 0 Å². The summed E-state index contributed by atoms with van der Waals surface area (Å²) in [4.78, 5) is 12.1. The zero-order valence-corrected chi connectivity index (χ0v) is 19.1. The molecule has 0 bridgehead atoms. The normalized spacial score (nSPS) is 11.3. The zero-order chi connectivity index (χ0) is 20.6. The Morgan fingerprint density at radius 1 is 1.07 bits per heavy atom. The van der Waals surface area contributed by atoms with Crippen molar-refractivity contribution in [1.82, 2.24) is 0 Å². The molecule has 0 aliphatic heterocycles. The molecule has 0 fully saturated rings. The standard InChI is InChI=1S/C24H32BrNO2/c1-5-6-8-18-10-13-20(14-11-18)26-23(27)9-7-16-28-22-15-12-19(17-21(22)25)24(2,3)4/h10-15,17H,5-9,16H2,1-4H3,(H,26,27). The molecule has 4 heteroatoms. The second kappa shape index (κ2) is 10.7. The van der Waals surface area contributed by atoms with Crippen molar-refractivity contribution in [2.24, 2.45) is 0 Å². The van der Waals surface area contributed by atoms with Crippen LogP contribution in [0.3, 0.4) is 0 Å². The molecule has 0 aromatic heterocycles. The molecule has 0 saturated carbocycles. The molecule has 0 aliphatic rings. The summed E-state index contributed by atoms with van der Waals surface area (Å²) in [7, 11) is 0. The first-order valence-corrected chi connectivity index (χ1v) is 10.9. The fraction of sp³-hybridized carbons (Fsp3) is 0.458. The van der Waals surface area contributed by atoms with Crippen LogP contribution < -0.4 is 10.1 Å². The quantitative estimate of drug-likeness (QED) is 0.426. The van der Waals surface area contributed by atoms with E-state index in [1.54, 1.807) is 0 Å². The summed E-state index contributed by atoms with van der Waals surface area (Å²) in [5.41, 5.74) is 3.53. The minimum absolute atomic E-state index is 0.0204. The number of hydrogen-bond acceptors (Lipinski definition) is 2. The van der Waals surface area contributed by atoms with Gasteiger partial charge in [-0.05, 0) is 76.0 Å². The molecule has 2 rings (SSSR count). The number of hydrogen-bond donors (Lipinski definition) is 1. The molecular formula is C24H32BrNO2. The highest BCUT2D eigenvalue weighted by Crippen LogP contribution is 2.31. The minimum atomic E-state index is 0.0204. The van der Waals surface area contributed by atoms with Crippen LogP contribution in [0.2, 0.25) is 0 Å². The van der Waals surface area contributed by atoms with E-state index in [1.165, 1.54) is 24.0 Å². The minimum Gasteiger partial charge on any atom is -0.492 e. The molecule has 0 heterocycles. The summed E-state index contributed by atoms with van der Waals surface area (Å²) in [5, 5.41) is 2.96. The zero-order valence-electron chi connectivity index (χ0n) is 17.5. The summed E-state index contributed by atoms with van der Waals surface area (Å²) >= 11 is 3.58. The Morgan fingerprint density at radius 3 is 2.39 bits per heavy atom. The molecular weight excluding hydrogens is 414 g/mol. The lowest BCUT2D eigenvalue weighted by Gasteiger charge is -2.20. The van der Waals surface area contributed by atoms with E-state index in [2.05, 4.69) is 73.2 Å². The summed E-state index contributed by atoms with van der Waals surface area (Å²) in [6.07, 6.45) is 4.59. The van der Waals surface area contributed by atoms with Gasteiger partial charge in [-0.25, -0.2) is 0 Å². The Kier molecular flexibility index (Phi) is 8.56. The van der Waals surface area contributed by atoms with Gasteiger partial charge in [0.15, 0.2) is 0 Å². The fourth-order valence-electron chi connectivity index (χ4n) is 2.86. The van der Waals surface area contributed by atoms with Crippen LogP contribution in [0.5, 0.6) is 5.75 Å². The molecule has 0 saturated heterocycles. The smallest absolute Gasteiger partial charge is 0.224 e. The Bertz CT molecular complexity index is 763. The Labute approximate surface area is 178 Å². The lowest BCUT2D eigenvalue weighted by molar-refractivity contribution is -0.116. The Morgan fingerprint density at radius 2 is 1.79 bits per heavy atom. The van der Waals surface area contributed by atoms with Crippen LogP contribution in [-0.4, -0.2) is 12.5 Å². The third-order valence-electron chi connectivity index (χ3n) is 4.66. The van der Waals surface area contributed by atoms with Gasteiger partial charge in [-0.3, -0.25) is 4.79 Å². The highest BCUT2D eigenvalue weighted by Gasteiger charge is 2.15. The molecule has 0 radical (unpaired) electrons. The van der Waals surface area contributed by atoms with E-state index in [4.69, 9.17) is 4.74 Å². The molecule has 0 atom stereocenters. The number of ether oxygens (including phenoxy) is 1. The van der Waals surface area contributed by atoms with Crippen LogP contribution >= 0.6 is 15.9 Å². The van der Waals surface area contributed by atoms with Crippen LogP contribution in [-0.2, 0) is 16.6 Å². The third-order valence-corrected chi connectivity index (χ3v) is 5.28. The molecule has 2 aromatic rings. The predicted octanol–water partition coefficient (Wildman–Crippen LogP) is 6.89. The Hall–Kier alpha value is -1.81.